The highest BCUT2D eigenvalue weighted by molar-refractivity contribution is 5.46. The van der Waals surface area contributed by atoms with Crippen LogP contribution >= 0.6 is 0 Å². The standard InChI is InChI=1S/C16H27N3/c1-13(2)19(3)12-5-4-8-15-10-9-14-7-6-11-17-16(14)18-15/h9-10,13H,4-8,11-12H2,1-3H3,(H,17,18). The van der Waals surface area contributed by atoms with E-state index in [4.69, 9.17) is 4.98 Å². The molecule has 0 aliphatic carbocycles. The van der Waals surface area contributed by atoms with Crippen LogP contribution in [-0.2, 0) is 12.8 Å². The Labute approximate surface area is 117 Å². The van der Waals surface area contributed by atoms with E-state index in [1.165, 1.54) is 43.5 Å². The molecule has 1 aromatic rings. The fraction of sp³-hybridized carbons (Fsp3) is 0.688. The van der Waals surface area contributed by atoms with Crippen LogP contribution in [0.1, 0.15) is 44.4 Å². The second-order valence-electron chi connectivity index (χ2n) is 5.87. The molecule has 0 fully saturated rings. The predicted octanol–water partition coefficient (Wildman–Crippen LogP) is 3.10. The summed E-state index contributed by atoms with van der Waals surface area (Å²) in [5.74, 6) is 1.13. The van der Waals surface area contributed by atoms with Gasteiger partial charge in [-0.25, -0.2) is 4.98 Å². The largest absolute Gasteiger partial charge is 0.370 e. The molecule has 0 bridgehead atoms. The van der Waals surface area contributed by atoms with Crippen LogP contribution in [0.3, 0.4) is 0 Å². The van der Waals surface area contributed by atoms with E-state index in [0.29, 0.717) is 6.04 Å². The van der Waals surface area contributed by atoms with Crippen molar-refractivity contribution in [3.05, 3.63) is 23.4 Å². The Kier molecular flexibility index (Phi) is 5.20. The first-order valence-corrected chi connectivity index (χ1v) is 7.59. The molecule has 1 N–H and O–H groups in total. The highest BCUT2D eigenvalue weighted by Crippen LogP contribution is 2.20. The van der Waals surface area contributed by atoms with Crippen LogP contribution < -0.4 is 5.32 Å². The minimum atomic E-state index is 0.645. The minimum absolute atomic E-state index is 0.645. The summed E-state index contributed by atoms with van der Waals surface area (Å²) in [5, 5.41) is 3.41. The van der Waals surface area contributed by atoms with E-state index >= 15 is 0 Å². The van der Waals surface area contributed by atoms with E-state index in [1.807, 2.05) is 0 Å². The number of fused-ring (bicyclic) bond motifs is 1. The van der Waals surface area contributed by atoms with Gasteiger partial charge >= 0.3 is 0 Å². The fourth-order valence-electron chi connectivity index (χ4n) is 2.43. The Bertz CT molecular complexity index is 401. The van der Waals surface area contributed by atoms with E-state index < -0.39 is 0 Å². The minimum Gasteiger partial charge on any atom is -0.370 e. The summed E-state index contributed by atoms with van der Waals surface area (Å²) in [5.41, 5.74) is 2.62. The van der Waals surface area contributed by atoms with Crippen LogP contribution in [0.5, 0.6) is 0 Å². The molecule has 2 rings (SSSR count). The summed E-state index contributed by atoms with van der Waals surface area (Å²) in [4.78, 5) is 7.14. The quantitative estimate of drug-likeness (QED) is 0.798. The maximum absolute atomic E-state index is 4.74. The van der Waals surface area contributed by atoms with Gasteiger partial charge < -0.3 is 10.2 Å². The molecule has 3 nitrogen and oxygen atoms in total. The van der Waals surface area contributed by atoms with E-state index in [-0.39, 0.29) is 0 Å². The number of unbranched alkanes of at least 4 members (excludes halogenated alkanes) is 1. The van der Waals surface area contributed by atoms with Crippen molar-refractivity contribution in [3.63, 3.8) is 0 Å². The second kappa shape index (κ2) is 6.90. The maximum atomic E-state index is 4.74. The van der Waals surface area contributed by atoms with Gasteiger partial charge in [0.1, 0.15) is 5.82 Å². The summed E-state index contributed by atoms with van der Waals surface area (Å²) in [6.07, 6.45) is 5.98. The molecule has 0 amide bonds. The molecule has 3 heteroatoms. The summed E-state index contributed by atoms with van der Waals surface area (Å²) in [6.45, 7) is 6.75. The van der Waals surface area contributed by atoms with Gasteiger partial charge in [-0.15, -0.1) is 0 Å². The Morgan fingerprint density at radius 3 is 2.95 bits per heavy atom. The summed E-state index contributed by atoms with van der Waals surface area (Å²) in [7, 11) is 2.20. The predicted molar refractivity (Wildman–Crippen MR) is 81.8 cm³/mol. The molecule has 1 aliphatic rings. The molecular formula is C16H27N3. The first kappa shape index (κ1) is 14.3. The number of aromatic nitrogens is 1. The molecule has 0 aromatic carbocycles. The van der Waals surface area contributed by atoms with Crippen molar-refractivity contribution in [3.8, 4) is 0 Å². The fourth-order valence-corrected chi connectivity index (χ4v) is 2.43. The number of hydrogen-bond donors (Lipinski definition) is 1. The average Bonchev–Trinajstić information content (AvgIpc) is 2.43. The lowest BCUT2D eigenvalue weighted by Gasteiger charge is -2.20. The van der Waals surface area contributed by atoms with Gasteiger partial charge in [-0.2, -0.15) is 0 Å². The van der Waals surface area contributed by atoms with E-state index in [0.717, 1.165) is 18.8 Å². The van der Waals surface area contributed by atoms with Crippen LogP contribution in [0.15, 0.2) is 12.1 Å². The number of nitrogens with zero attached hydrogens (tertiary/aromatic N) is 2. The summed E-state index contributed by atoms with van der Waals surface area (Å²) in [6, 6.07) is 5.10. The van der Waals surface area contributed by atoms with Crippen molar-refractivity contribution in [1.29, 1.82) is 0 Å². The van der Waals surface area contributed by atoms with Crippen molar-refractivity contribution in [2.24, 2.45) is 0 Å². The number of rotatable bonds is 6. The molecule has 0 saturated heterocycles. The third-order valence-electron chi connectivity index (χ3n) is 4.03. The number of nitrogens with one attached hydrogen (secondary N) is 1. The molecule has 2 heterocycles. The third-order valence-corrected chi connectivity index (χ3v) is 4.03. The van der Waals surface area contributed by atoms with Crippen molar-refractivity contribution in [1.82, 2.24) is 9.88 Å². The van der Waals surface area contributed by atoms with Gasteiger partial charge in [0.15, 0.2) is 0 Å². The summed E-state index contributed by atoms with van der Waals surface area (Å²) >= 11 is 0. The third kappa shape index (κ3) is 4.20. The Hall–Kier alpha value is -1.09. The van der Waals surface area contributed by atoms with Crippen LogP contribution in [0.25, 0.3) is 0 Å². The van der Waals surface area contributed by atoms with Gasteiger partial charge in [0, 0.05) is 18.3 Å². The summed E-state index contributed by atoms with van der Waals surface area (Å²) < 4.78 is 0. The van der Waals surface area contributed by atoms with Gasteiger partial charge in [0.25, 0.3) is 0 Å². The molecule has 0 unspecified atom stereocenters. The number of anilines is 1. The normalized spacial score (nSPS) is 14.6. The highest BCUT2D eigenvalue weighted by atomic mass is 15.1. The Morgan fingerprint density at radius 1 is 1.32 bits per heavy atom. The molecule has 0 spiro atoms. The molecule has 1 aromatic heterocycles. The first-order valence-electron chi connectivity index (χ1n) is 7.59. The Balaban J connectivity index is 1.77. The molecule has 19 heavy (non-hydrogen) atoms. The van der Waals surface area contributed by atoms with Gasteiger partial charge in [-0.3, -0.25) is 0 Å². The molecule has 106 valence electrons. The number of aryl methyl sites for hydroxylation is 2. The zero-order valence-corrected chi connectivity index (χ0v) is 12.6. The zero-order valence-electron chi connectivity index (χ0n) is 12.6. The van der Waals surface area contributed by atoms with Crippen molar-refractivity contribution >= 4 is 5.82 Å². The number of pyridine rings is 1. The van der Waals surface area contributed by atoms with Crippen LogP contribution in [0, 0.1) is 0 Å². The lowest BCUT2D eigenvalue weighted by Crippen LogP contribution is -2.27. The maximum Gasteiger partial charge on any atom is 0.129 e. The molecule has 0 atom stereocenters. The lowest BCUT2D eigenvalue weighted by atomic mass is 10.1. The SMILES string of the molecule is CC(C)N(C)CCCCc1ccc2c(n1)NCCC2. The van der Waals surface area contributed by atoms with Gasteiger partial charge in [0.2, 0.25) is 0 Å². The van der Waals surface area contributed by atoms with Crippen molar-refractivity contribution in [2.75, 3.05) is 25.5 Å². The second-order valence-corrected chi connectivity index (χ2v) is 5.87. The topological polar surface area (TPSA) is 28.2 Å². The van der Waals surface area contributed by atoms with Gasteiger partial charge in [-0.1, -0.05) is 6.07 Å². The smallest absolute Gasteiger partial charge is 0.129 e. The van der Waals surface area contributed by atoms with Crippen molar-refractivity contribution < 1.29 is 0 Å². The molecule has 1 aliphatic heterocycles. The average molecular weight is 261 g/mol. The Morgan fingerprint density at radius 2 is 2.16 bits per heavy atom. The molecule has 0 radical (unpaired) electrons. The van der Waals surface area contributed by atoms with E-state index in [9.17, 15) is 0 Å². The monoisotopic (exact) mass is 261 g/mol. The first-order chi connectivity index (χ1) is 9.16. The van der Waals surface area contributed by atoms with Gasteiger partial charge in [0.05, 0.1) is 0 Å². The zero-order chi connectivity index (χ0) is 13.7. The number of hydrogen-bond acceptors (Lipinski definition) is 3. The van der Waals surface area contributed by atoms with Gasteiger partial charge in [-0.05, 0) is 71.2 Å². The highest BCUT2D eigenvalue weighted by Gasteiger charge is 2.10. The van der Waals surface area contributed by atoms with Crippen LogP contribution in [0.2, 0.25) is 0 Å². The van der Waals surface area contributed by atoms with E-state index in [2.05, 4.69) is 43.2 Å². The van der Waals surface area contributed by atoms with Crippen LogP contribution in [0.4, 0.5) is 5.82 Å². The van der Waals surface area contributed by atoms with Crippen LogP contribution in [-0.4, -0.2) is 36.1 Å². The molecule has 0 saturated carbocycles. The van der Waals surface area contributed by atoms with Crippen molar-refractivity contribution in [2.45, 2.75) is 52.0 Å². The van der Waals surface area contributed by atoms with E-state index in [1.54, 1.807) is 0 Å². The molecular weight excluding hydrogens is 234 g/mol. The lowest BCUT2D eigenvalue weighted by molar-refractivity contribution is 0.268.